The van der Waals surface area contributed by atoms with E-state index in [0.717, 1.165) is 18.4 Å². The van der Waals surface area contributed by atoms with E-state index in [1.54, 1.807) is 11.0 Å². The molecule has 7 heteroatoms. The van der Waals surface area contributed by atoms with Gasteiger partial charge in [-0.2, -0.15) is 0 Å². The maximum absolute atomic E-state index is 14.3. The molecule has 0 N–H and O–H groups in total. The summed E-state index contributed by atoms with van der Waals surface area (Å²) in [6, 6.07) is 12.7. The average Bonchev–Trinajstić information content (AvgIpc) is 3.57. The highest BCUT2D eigenvalue weighted by Gasteiger charge is 2.43. The minimum absolute atomic E-state index is 0.218. The van der Waals surface area contributed by atoms with Crippen molar-refractivity contribution < 1.29 is 13.9 Å². The normalized spacial score (nSPS) is 14.9. The van der Waals surface area contributed by atoms with Crippen molar-refractivity contribution in [3.05, 3.63) is 53.4 Å². The van der Waals surface area contributed by atoms with Gasteiger partial charge in [-0.3, -0.25) is 9.69 Å². The van der Waals surface area contributed by atoms with Crippen molar-refractivity contribution in [2.45, 2.75) is 104 Å². The van der Waals surface area contributed by atoms with Gasteiger partial charge in [0.05, 0.1) is 11.1 Å². The Balaban J connectivity index is 1.88. The number of oxazole rings is 1. The Kier molecular flexibility index (Phi) is 8.78. The van der Waals surface area contributed by atoms with Crippen LogP contribution in [-0.4, -0.2) is 25.1 Å². The lowest BCUT2D eigenvalue weighted by atomic mass is 9.85. The maximum atomic E-state index is 14.3. The quantitative estimate of drug-likeness (QED) is 0.197. The van der Waals surface area contributed by atoms with Crippen molar-refractivity contribution in [2.75, 3.05) is 4.90 Å². The predicted octanol–water partition coefficient (Wildman–Crippen LogP) is 9.36. The second-order valence-corrected chi connectivity index (χ2v) is 19.0. The topological polar surface area (TPSA) is 55.6 Å². The van der Waals surface area contributed by atoms with Gasteiger partial charge in [-0.15, -0.1) is 5.54 Å². The van der Waals surface area contributed by atoms with Crippen LogP contribution in [0.15, 0.2) is 46.9 Å². The first kappa shape index (κ1) is 30.2. The van der Waals surface area contributed by atoms with Gasteiger partial charge in [0.15, 0.2) is 5.58 Å². The number of carbonyl (C=O) groups is 1. The van der Waals surface area contributed by atoms with Gasteiger partial charge >= 0.3 is 5.91 Å². The molecule has 1 atom stereocenters. The van der Waals surface area contributed by atoms with Crippen LogP contribution in [0.1, 0.15) is 87.1 Å². The van der Waals surface area contributed by atoms with E-state index in [4.69, 9.17) is 25.7 Å². The molecule has 1 amide bonds. The van der Waals surface area contributed by atoms with Crippen molar-refractivity contribution in [3.63, 3.8) is 0 Å². The van der Waals surface area contributed by atoms with Crippen LogP contribution < -0.4 is 9.64 Å². The van der Waals surface area contributed by atoms with Crippen LogP contribution in [0.2, 0.25) is 21.6 Å². The summed E-state index contributed by atoms with van der Waals surface area (Å²) < 4.78 is 12.3. The molecule has 0 spiro atoms. The van der Waals surface area contributed by atoms with E-state index in [1.165, 1.54) is 0 Å². The highest BCUT2D eigenvalue weighted by atomic mass is 35.5. The zero-order valence-corrected chi connectivity index (χ0v) is 27.1. The molecule has 1 aliphatic rings. The van der Waals surface area contributed by atoms with Crippen molar-refractivity contribution >= 4 is 42.4 Å². The Morgan fingerprint density at radius 3 is 2.20 bits per heavy atom. The van der Waals surface area contributed by atoms with Gasteiger partial charge in [0, 0.05) is 5.69 Å². The Bertz CT molecular complexity index is 1370. The molecule has 2 aromatic carbocycles. The number of carbonyl (C=O) groups excluding carboxylic acids is 1. The minimum Gasteiger partial charge on any atom is -0.489 e. The standard InChI is InChI=1S/C33H43ClN2O3Si/c1-21(2)40(22(3)4,23(5)6)19-18-30(37)36(24-14-17-28(26(34)20-24)38-25-15-16-25)31(33(7,8)9)32-35-27-12-10-11-13-29(27)39-32/h10-14,17,20-23,25,31H,15-16H2,1-9H3. The van der Waals surface area contributed by atoms with Gasteiger partial charge in [-0.05, 0) is 71.1 Å². The fraction of sp³-hybridized carbons (Fsp3) is 0.515. The Morgan fingerprint density at radius 2 is 1.68 bits per heavy atom. The van der Waals surface area contributed by atoms with E-state index in [-0.39, 0.29) is 12.0 Å². The van der Waals surface area contributed by atoms with Crippen LogP contribution in [0.4, 0.5) is 5.69 Å². The van der Waals surface area contributed by atoms with Crippen LogP contribution >= 0.6 is 11.6 Å². The Labute approximate surface area is 245 Å². The zero-order chi connectivity index (χ0) is 29.4. The first-order chi connectivity index (χ1) is 18.8. The van der Waals surface area contributed by atoms with Crippen LogP contribution in [-0.2, 0) is 4.79 Å². The summed E-state index contributed by atoms with van der Waals surface area (Å²) in [5.74, 6) is 3.97. The molecule has 1 saturated carbocycles. The van der Waals surface area contributed by atoms with E-state index in [2.05, 4.69) is 73.8 Å². The fourth-order valence-electron chi connectivity index (χ4n) is 6.01. The van der Waals surface area contributed by atoms with E-state index in [0.29, 0.717) is 44.6 Å². The Morgan fingerprint density at radius 1 is 1.05 bits per heavy atom. The third kappa shape index (κ3) is 6.11. The van der Waals surface area contributed by atoms with Gasteiger partial charge < -0.3 is 9.15 Å². The van der Waals surface area contributed by atoms with Crippen LogP contribution in [0.25, 0.3) is 11.1 Å². The first-order valence-electron chi connectivity index (χ1n) is 14.4. The highest BCUT2D eigenvalue weighted by molar-refractivity contribution is 6.90. The molecule has 1 aliphatic carbocycles. The monoisotopic (exact) mass is 578 g/mol. The summed E-state index contributed by atoms with van der Waals surface area (Å²) in [5.41, 5.74) is 6.48. The van der Waals surface area contributed by atoms with E-state index >= 15 is 0 Å². The number of aromatic nitrogens is 1. The number of hydrogen-bond acceptors (Lipinski definition) is 4. The fourth-order valence-corrected chi connectivity index (χ4v) is 11.4. The third-order valence-electron chi connectivity index (χ3n) is 8.11. The predicted molar refractivity (Wildman–Crippen MR) is 168 cm³/mol. The number of para-hydroxylation sites is 2. The lowest BCUT2D eigenvalue weighted by molar-refractivity contribution is -0.114. The molecule has 1 fully saturated rings. The number of benzene rings is 2. The van der Waals surface area contributed by atoms with E-state index < -0.39 is 19.5 Å². The molecule has 0 aliphatic heterocycles. The summed E-state index contributed by atoms with van der Waals surface area (Å²) in [4.78, 5) is 20.9. The van der Waals surface area contributed by atoms with Crippen molar-refractivity contribution in [3.8, 4) is 17.2 Å². The summed E-state index contributed by atoms with van der Waals surface area (Å²) in [7, 11) is -2.15. The van der Waals surface area contributed by atoms with Crippen LogP contribution in [0, 0.1) is 16.9 Å². The molecular weight excluding hydrogens is 536 g/mol. The number of ether oxygens (including phenoxy) is 1. The van der Waals surface area contributed by atoms with Crippen molar-refractivity contribution in [2.24, 2.45) is 5.41 Å². The van der Waals surface area contributed by atoms with Crippen molar-refractivity contribution in [1.29, 1.82) is 0 Å². The molecule has 1 heterocycles. The van der Waals surface area contributed by atoms with Gasteiger partial charge in [-0.25, -0.2) is 4.98 Å². The summed E-state index contributed by atoms with van der Waals surface area (Å²) in [6.45, 7) is 19.7. The van der Waals surface area contributed by atoms with Gasteiger partial charge in [0.25, 0.3) is 0 Å². The number of nitrogens with zero attached hydrogens (tertiary/aromatic N) is 2. The molecule has 0 saturated heterocycles. The number of halogens is 1. The smallest absolute Gasteiger partial charge is 0.303 e. The molecule has 0 radical (unpaired) electrons. The number of rotatable bonds is 8. The maximum Gasteiger partial charge on any atom is 0.303 e. The summed E-state index contributed by atoms with van der Waals surface area (Å²) in [5, 5.41) is 0.468. The Hall–Kier alpha value is -2.75. The number of amides is 1. The first-order valence-corrected chi connectivity index (χ1v) is 17.0. The van der Waals surface area contributed by atoms with E-state index in [9.17, 15) is 4.79 Å². The summed E-state index contributed by atoms with van der Waals surface area (Å²) in [6.07, 6.45) is 2.29. The summed E-state index contributed by atoms with van der Waals surface area (Å²) >= 11 is 6.72. The zero-order valence-electron chi connectivity index (χ0n) is 25.3. The molecule has 40 heavy (non-hydrogen) atoms. The number of anilines is 1. The lowest BCUT2D eigenvalue weighted by Gasteiger charge is -2.39. The molecule has 0 bridgehead atoms. The number of fused-ring (bicyclic) bond motifs is 1. The second-order valence-electron chi connectivity index (χ2n) is 13.0. The van der Waals surface area contributed by atoms with Crippen LogP contribution in [0.5, 0.6) is 5.75 Å². The molecule has 5 nitrogen and oxygen atoms in total. The van der Waals surface area contributed by atoms with Gasteiger partial charge in [0.1, 0.15) is 25.4 Å². The van der Waals surface area contributed by atoms with Gasteiger partial charge in [0.2, 0.25) is 5.89 Å². The molecule has 3 aromatic rings. The lowest BCUT2D eigenvalue weighted by Crippen LogP contribution is -2.44. The van der Waals surface area contributed by atoms with E-state index in [1.807, 2.05) is 36.4 Å². The minimum atomic E-state index is -2.15. The van der Waals surface area contributed by atoms with Crippen molar-refractivity contribution in [1.82, 2.24) is 4.98 Å². The largest absolute Gasteiger partial charge is 0.489 e. The molecular formula is C33H43ClN2O3Si. The molecule has 1 unspecified atom stereocenters. The molecule has 214 valence electrons. The second kappa shape index (κ2) is 11.6. The third-order valence-corrected chi connectivity index (χ3v) is 14.7. The highest BCUT2D eigenvalue weighted by Crippen LogP contribution is 2.44. The number of hydrogen-bond donors (Lipinski definition) is 0. The SMILES string of the molecule is CC(C)[Si](C#CC(=O)N(c1ccc(OC2CC2)c(Cl)c1)C(c1nc2ccccc2o1)C(C)(C)C)(C(C)C)C(C)C. The van der Waals surface area contributed by atoms with Crippen LogP contribution in [0.3, 0.4) is 0 Å². The molecule has 1 aromatic heterocycles. The average molecular weight is 579 g/mol. The molecule has 4 rings (SSSR count). The van der Waals surface area contributed by atoms with Gasteiger partial charge in [-0.1, -0.05) is 86.0 Å².